The van der Waals surface area contributed by atoms with Crippen molar-refractivity contribution in [3.63, 3.8) is 0 Å². The van der Waals surface area contributed by atoms with E-state index in [1.54, 1.807) is 30.3 Å². The molecule has 26 heavy (non-hydrogen) atoms. The molecule has 138 valence electrons. The molecule has 0 saturated carbocycles. The highest BCUT2D eigenvalue weighted by Crippen LogP contribution is 2.20. The Morgan fingerprint density at radius 1 is 1.15 bits per heavy atom. The number of nitrogens with zero attached hydrogens (tertiary/aromatic N) is 1. The molecule has 0 aliphatic heterocycles. The van der Waals surface area contributed by atoms with Crippen molar-refractivity contribution in [2.24, 2.45) is 0 Å². The van der Waals surface area contributed by atoms with Crippen LogP contribution in [0.2, 0.25) is 0 Å². The molecule has 0 aliphatic rings. The van der Waals surface area contributed by atoms with Gasteiger partial charge in [0.25, 0.3) is 5.91 Å². The number of hydrogen-bond donors (Lipinski definition) is 1. The fourth-order valence-electron chi connectivity index (χ4n) is 3.00. The van der Waals surface area contributed by atoms with Crippen LogP contribution in [0.3, 0.4) is 0 Å². The van der Waals surface area contributed by atoms with Gasteiger partial charge in [-0.2, -0.15) is 0 Å². The van der Waals surface area contributed by atoms with E-state index >= 15 is 0 Å². The molecule has 2 aromatic rings. The van der Waals surface area contributed by atoms with Crippen LogP contribution in [0.5, 0.6) is 0 Å². The number of Topliss-reactive ketones (excluding diaryl/α,β-unsaturated/α-hetero) is 1. The van der Waals surface area contributed by atoms with Crippen molar-refractivity contribution in [2.75, 3.05) is 11.9 Å². The second-order valence-electron chi connectivity index (χ2n) is 6.51. The van der Waals surface area contributed by atoms with Crippen molar-refractivity contribution < 1.29 is 19.1 Å². The maximum atomic E-state index is 12.3. The minimum Gasteiger partial charge on any atom is -0.452 e. The minimum absolute atomic E-state index is 0.0898. The number of aryl methyl sites for hydroxylation is 1. The van der Waals surface area contributed by atoms with Gasteiger partial charge in [0, 0.05) is 28.7 Å². The maximum Gasteiger partial charge on any atom is 0.340 e. The van der Waals surface area contributed by atoms with E-state index in [1.165, 1.54) is 6.92 Å². The van der Waals surface area contributed by atoms with Gasteiger partial charge in [-0.05, 0) is 52.8 Å². The minimum atomic E-state index is -0.530. The van der Waals surface area contributed by atoms with E-state index in [0.29, 0.717) is 16.8 Å². The van der Waals surface area contributed by atoms with Gasteiger partial charge in [-0.1, -0.05) is 12.1 Å². The molecule has 0 fully saturated rings. The van der Waals surface area contributed by atoms with Crippen LogP contribution in [0.4, 0.5) is 5.69 Å². The van der Waals surface area contributed by atoms with Crippen LogP contribution in [0.25, 0.3) is 0 Å². The fourth-order valence-corrected chi connectivity index (χ4v) is 3.00. The van der Waals surface area contributed by atoms with Gasteiger partial charge in [0.1, 0.15) is 0 Å². The Morgan fingerprint density at radius 3 is 2.42 bits per heavy atom. The second-order valence-corrected chi connectivity index (χ2v) is 6.51. The predicted molar refractivity (Wildman–Crippen MR) is 99.6 cm³/mol. The number of ether oxygens (including phenoxy) is 1. The van der Waals surface area contributed by atoms with Gasteiger partial charge in [-0.25, -0.2) is 4.79 Å². The molecule has 0 bridgehead atoms. The molecule has 0 atom stereocenters. The zero-order valence-corrected chi connectivity index (χ0v) is 15.8. The third kappa shape index (κ3) is 4.39. The molecule has 1 heterocycles. The number of carbonyl (C=O) groups excluding carboxylic acids is 3. The number of ketones is 1. The lowest BCUT2D eigenvalue weighted by Gasteiger charge is -2.13. The summed E-state index contributed by atoms with van der Waals surface area (Å²) < 4.78 is 7.18. The normalized spacial score (nSPS) is 10.7. The molecular weight excluding hydrogens is 332 g/mol. The van der Waals surface area contributed by atoms with Crippen LogP contribution in [0, 0.1) is 13.8 Å². The number of carbonyl (C=O) groups is 3. The van der Waals surface area contributed by atoms with Gasteiger partial charge in [-0.3, -0.25) is 9.59 Å². The molecule has 1 amide bonds. The van der Waals surface area contributed by atoms with Crippen molar-refractivity contribution in [3.8, 4) is 0 Å². The van der Waals surface area contributed by atoms with Crippen molar-refractivity contribution in [2.45, 2.75) is 40.7 Å². The highest BCUT2D eigenvalue weighted by Gasteiger charge is 2.19. The second kappa shape index (κ2) is 7.99. The van der Waals surface area contributed by atoms with Crippen LogP contribution >= 0.6 is 0 Å². The average Bonchev–Trinajstić information content (AvgIpc) is 2.87. The largest absolute Gasteiger partial charge is 0.452 e. The number of hydrogen-bond acceptors (Lipinski definition) is 4. The first kappa shape index (κ1) is 19.4. The molecule has 0 saturated heterocycles. The van der Waals surface area contributed by atoms with Crippen molar-refractivity contribution in [1.29, 1.82) is 0 Å². The van der Waals surface area contributed by atoms with Crippen LogP contribution in [0.1, 0.15) is 58.9 Å². The van der Waals surface area contributed by atoms with E-state index in [2.05, 4.69) is 5.32 Å². The summed E-state index contributed by atoms with van der Waals surface area (Å²) in [5, 5.41) is 2.62. The van der Waals surface area contributed by atoms with Crippen molar-refractivity contribution in [3.05, 3.63) is 52.8 Å². The van der Waals surface area contributed by atoms with E-state index < -0.39 is 18.5 Å². The Hall–Kier alpha value is -2.89. The highest BCUT2D eigenvalue weighted by molar-refractivity contribution is 5.98. The number of aromatic nitrogens is 1. The molecule has 0 spiro atoms. The van der Waals surface area contributed by atoms with Crippen molar-refractivity contribution >= 4 is 23.3 Å². The molecule has 0 radical (unpaired) electrons. The van der Waals surface area contributed by atoms with E-state index in [-0.39, 0.29) is 11.8 Å². The van der Waals surface area contributed by atoms with Gasteiger partial charge in [0.2, 0.25) is 0 Å². The number of benzene rings is 1. The van der Waals surface area contributed by atoms with E-state index in [9.17, 15) is 14.4 Å². The monoisotopic (exact) mass is 356 g/mol. The maximum absolute atomic E-state index is 12.3. The van der Waals surface area contributed by atoms with Gasteiger partial charge < -0.3 is 14.6 Å². The lowest BCUT2D eigenvalue weighted by molar-refractivity contribution is -0.119. The Kier molecular flexibility index (Phi) is 5.97. The molecule has 0 aliphatic carbocycles. The summed E-state index contributed by atoms with van der Waals surface area (Å²) in [6.07, 6.45) is 0. The first-order valence-corrected chi connectivity index (χ1v) is 8.47. The van der Waals surface area contributed by atoms with E-state index in [0.717, 1.165) is 11.4 Å². The third-order valence-corrected chi connectivity index (χ3v) is 4.11. The first-order chi connectivity index (χ1) is 12.2. The molecule has 2 rings (SSSR count). The van der Waals surface area contributed by atoms with Gasteiger partial charge in [0.05, 0.1) is 5.56 Å². The van der Waals surface area contributed by atoms with E-state index in [4.69, 9.17) is 4.74 Å². The lowest BCUT2D eigenvalue weighted by atomic mass is 10.1. The standard InChI is InChI=1S/C20H24N2O4/c1-12(2)22-13(3)9-18(14(22)4)20(25)26-11-19(24)21-17-8-6-7-16(10-17)15(5)23/h6-10,12H,11H2,1-5H3,(H,21,24). The summed E-state index contributed by atoms with van der Waals surface area (Å²) in [5.74, 6) is -1.08. The topological polar surface area (TPSA) is 77.4 Å². The first-order valence-electron chi connectivity index (χ1n) is 8.47. The Bertz CT molecular complexity index is 849. The van der Waals surface area contributed by atoms with Crippen LogP contribution in [0.15, 0.2) is 30.3 Å². The predicted octanol–water partition coefficient (Wildman–Crippen LogP) is 3.68. The number of amides is 1. The zero-order chi connectivity index (χ0) is 19.4. The molecule has 0 unspecified atom stereocenters. The van der Waals surface area contributed by atoms with Gasteiger partial charge in [0.15, 0.2) is 12.4 Å². The lowest BCUT2D eigenvalue weighted by Crippen LogP contribution is -2.21. The fraction of sp³-hybridized carbons (Fsp3) is 0.350. The molecule has 1 N–H and O–H groups in total. The quantitative estimate of drug-likeness (QED) is 0.633. The van der Waals surface area contributed by atoms with Crippen LogP contribution < -0.4 is 5.32 Å². The van der Waals surface area contributed by atoms with Crippen molar-refractivity contribution in [1.82, 2.24) is 4.57 Å². The number of rotatable bonds is 6. The molecule has 1 aromatic carbocycles. The molecule has 6 nitrogen and oxygen atoms in total. The smallest absolute Gasteiger partial charge is 0.340 e. The van der Waals surface area contributed by atoms with E-state index in [1.807, 2.05) is 32.3 Å². The third-order valence-electron chi connectivity index (χ3n) is 4.11. The Labute approximate surface area is 153 Å². The molecule has 6 heteroatoms. The average molecular weight is 356 g/mol. The molecular formula is C20H24N2O4. The summed E-state index contributed by atoms with van der Waals surface area (Å²) in [7, 11) is 0. The van der Waals surface area contributed by atoms with Crippen LogP contribution in [-0.4, -0.2) is 28.8 Å². The number of nitrogens with one attached hydrogen (secondary N) is 1. The number of esters is 1. The zero-order valence-electron chi connectivity index (χ0n) is 15.8. The summed E-state index contributed by atoms with van der Waals surface area (Å²) in [4.78, 5) is 35.7. The van der Waals surface area contributed by atoms with Gasteiger partial charge in [-0.15, -0.1) is 0 Å². The number of anilines is 1. The summed E-state index contributed by atoms with van der Waals surface area (Å²) >= 11 is 0. The Balaban J connectivity index is 1.99. The Morgan fingerprint density at radius 2 is 1.85 bits per heavy atom. The summed E-state index contributed by atoms with van der Waals surface area (Å²) in [6, 6.07) is 8.60. The van der Waals surface area contributed by atoms with Gasteiger partial charge >= 0.3 is 5.97 Å². The summed E-state index contributed by atoms with van der Waals surface area (Å²) in [6.45, 7) is 8.93. The molecule has 1 aromatic heterocycles. The SMILES string of the molecule is CC(=O)c1cccc(NC(=O)COC(=O)c2cc(C)n(C(C)C)c2C)c1. The highest BCUT2D eigenvalue weighted by atomic mass is 16.5. The van der Waals surface area contributed by atoms with Crippen LogP contribution in [-0.2, 0) is 9.53 Å². The summed E-state index contributed by atoms with van der Waals surface area (Å²) in [5.41, 5.74) is 3.23.